The summed E-state index contributed by atoms with van der Waals surface area (Å²) in [6.45, 7) is 3.26. The number of para-hydroxylation sites is 2. The van der Waals surface area contributed by atoms with Crippen molar-refractivity contribution < 1.29 is 0 Å². The van der Waals surface area contributed by atoms with E-state index in [0.717, 1.165) is 23.8 Å². The minimum Gasteiger partial charge on any atom is -0.330 e. The largest absolute Gasteiger partial charge is 0.330 e. The van der Waals surface area contributed by atoms with Crippen LogP contribution in [0.5, 0.6) is 0 Å². The van der Waals surface area contributed by atoms with E-state index in [-0.39, 0.29) is 0 Å². The fourth-order valence-electron chi connectivity index (χ4n) is 3.37. The average Bonchev–Trinajstić information content (AvgIpc) is 2.64. The Morgan fingerprint density at radius 1 is 1.20 bits per heavy atom. The smallest absolute Gasteiger partial charge is 0.123 e. The third-order valence-electron chi connectivity index (χ3n) is 4.76. The van der Waals surface area contributed by atoms with E-state index in [1.165, 1.54) is 37.6 Å². The molecule has 1 fully saturated rings. The van der Waals surface area contributed by atoms with Gasteiger partial charge in [0.2, 0.25) is 0 Å². The van der Waals surface area contributed by atoms with Gasteiger partial charge < -0.3 is 9.88 Å². The van der Waals surface area contributed by atoms with Crippen LogP contribution in [-0.4, -0.2) is 15.6 Å². The second-order valence-corrected chi connectivity index (χ2v) is 6.18. The molecule has 1 heterocycles. The second kappa shape index (κ2) is 5.96. The first kappa shape index (κ1) is 13.6. The Labute approximate surface area is 121 Å². The minimum absolute atomic E-state index is 0.650. The highest BCUT2D eigenvalue weighted by atomic mass is 15.1. The van der Waals surface area contributed by atoms with Gasteiger partial charge in [0.15, 0.2) is 0 Å². The van der Waals surface area contributed by atoms with E-state index >= 15 is 0 Å². The van der Waals surface area contributed by atoms with Gasteiger partial charge in [-0.1, -0.05) is 38.3 Å². The highest BCUT2D eigenvalue weighted by Gasteiger charge is 2.19. The van der Waals surface area contributed by atoms with Gasteiger partial charge in [-0.2, -0.15) is 0 Å². The van der Waals surface area contributed by atoms with Gasteiger partial charge in [0.1, 0.15) is 5.82 Å². The number of fused-ring (bicyclic) bond motifs is 1. The van der Waals surface area contributed by atoms with Crippen LogP contribution in [0, 0.1) is 5.92 Å². The summed E-state index contributed by atoms with van der Waals surface area (Å²) in [7, 11) is 2.11. The maximum absolute atomic E-state index is 4.75. The van der Waals surface area contributed by atoms with Gasteiger partial charge in [-0.05, 0) is 30.9 Å². The molecule has 3 rings (SSSR count). The molecule has 1 N–H and O–H groups in total. The Morgan fingerprint density at radius 3 is 2.85 bits per heavy atom. The normalized spacial score (nSPS) is 23.9. The van der Waals surface area contributed by atoms with Gasteiger partial charge in [0, 0.05) is 13.1 Å². The lowest BCUT2D eigenvalue weighted by Crippen LogP contribution is -2.34. The SMILES string of the molecule is CC1CCCCCC1NCc1nc2ccccc2n1C. The standard InChI is InChI=1S/C17H25N3/c1-13-8-4-3-5-9-14(13)18-12-17-19-15-10-6-7-11-16(15)20(17)2/h6-7,10-11,13-14,18H,3-5,8-9,12H2,1-2H3. The topological polar surface area (TPSA) is 29.9 Å². The van der Waals surface area contributed by atoms with Crippen molar-refractivity contribution in [1.29, 1.82) is 0 Å². The predicted octanol–water partition coefficient (Wildman–Crippen LogP) is 3.63. The number of benzene rings is 1. The summed E-state index contributed by atoms with van der Waals surface area (Å²) >= 11 is 0. The predicted molar refractivity (Wildman–Crippen MR) is 83.6 cm³/mol. The van der Waals surface area contributed by atoms with Crippen molar-refractivity contribution in [2.24, 2.45) is 13.0 Å². The lowest BCUT2D eigenvalue weighted by atomic mass is 9.97. The van der Waals surface area contributed by atoms with Crippen LogP contribution < -0.4 is 5.32 Å². The third-order valence-corrected chi connectivity index (χ3v) is 4.76. The Bertz CT molecular complexity index is 573. The molecule has 3 heteroatoms. The summed E-state index contributed by atoms with van der Waals surface area (Å²) in [5.41, 5.74) is 2.32. The fraction of sp³-hybridized carbons (Fsp3) is 0.588. The van der Waals surface area contributed by atoms with Crippen molar-refractivity contribution >= 4 is 11.0 Å². The van der Waals surface area contributed by atoms with Gasteiger partial charge in [0.25, 0.3) is 0 Å². The molecule has 2 unspecified atom stereocenters. The Hall–Kier alpha value is -1.35. The molecule has 108 valence electrons. The molecule has 1 aromatic carbocycles. The number of hydrogen-bond donors (Lipinski definition) is 1. The molecule has 1 aliphatic rings. The Balaban J connectivity index is 1.71. The van der Waals surface area contributed by atoms with Crippen LogP contribution in [0.2, 0.25) is 0 Å². The molecule has 2 aromatic rings. The summed E-state index contributed by atoms with van der Waals surface area (Å²) < 4.78 is 2.21. The van der Waals surface area contributed by atoms with Gasteiger partial charge in [-0.3, -0.25) is 0 Å². The summed E-state index contributed by atoms with van der Waals surface area (Å²) in [5, 5.41) is 3.75. The first-order valence-electron chi connectivity index (χ1n) is 7.89. The highest BCUT2D eigenvalue weighted by molar-refractivity contribution is 5.75. The molecule has 3 nitrogen and oxygen atoms in total. The first-order valence-corrected chi connectivity index (χ1v) is 7.89. The van der Waals surface area contributed by atoms with E-state index in [1.807, 2.05) is 0 Å². The van der Waals surface area contributed by atoms with E-state index in [4.69, 9.17) is 4.98 Å². The molecular weight excluding hydrogens is 246 g/mol. The fourth-order valence-corrected chi connectivity index (χ4v) is 3.37. The van der Waals surface area contributed by atoms with Crippen LogP contribution in [0.3, 0.4) is 0 Å². The molecule has 0 spiro atoms. The molecule has 1 aromatic heterocycles. The van der Waals surface area contributed by atoms with Crippen molar-refractivity contribution in [3.8, 4) is 0 Å². The van der Waals surface area contributed by atoms with E-state index < -0.39 is 0 Å². The summed E-state index contributed by atoms with van der Waals surface area (Å²) in [5.74, 6) is 1.93. The van der Waals surface area contributed by atoms with Crippen molar-refractivity contribution in [1.82, 2.24) is 14.9 Å². The highest BCUT2D eigenvalue weighted by Crippen LogP contribution is 2.23. The lowest BCUT2D eigenvalue weighted by Gasteiger charge is -2.22. The molecule has 0 radical (unpaired) electrons. The molecule has 0 aliphatic heterocycles. The lowest BCUT2D eigenvalue weighted by molar-refractivity contribution is 0.352. The second-order valence-electron chi connectivity index (χ2n) is 6.18. The Morgan fingerprint density at radius 2 is 2.00 bits per heavy atom. The maximum Gasteiger partial charge on any atom is 0.123 e. The summed E-state index contributed by atoms with van der Waals surface area (Å²) in [6.07, 6.45) is 6.83. The van der Waals surface area contributed by atoms with Crippen LogP contribution in [0.15, 0.2) is 24.3 Å². The summed E-state index contributed by atoms with van der Waals surface area (Å²) in [6, 6.07) is 9.01. The number of aromatic nitrogens is 2. The Kier molecular flexibility index (Phi) is 4.06. The molecule has 0 bridgehead atoms. The first-order chi connectivity index (χ1) is 9.75. The van der Waals surface area contributed by atoms with Crippen molar-refractivity contribution in [3.05, 3.63) is 30.1 Å². The number of nitrogens with zero attached hydrogens (tertiary/aromatic N) is 2. The number of aryl methyl sites for hydroxylation is 1. The zero-order valence-corrected chi connectivity index (χ0v) is 12.6. The summed E-state index contributed by atoms with van der Waals surface area (Å²) in [4.78, 5) is 4.75. The molecule has 0 amide bonds. The van der Waals surface area contributed by atoms with Crippen molar-refractivity contribution in [2.75, 3.05) is 0 Å². The maximum atomic E-state index is 4.75. The zero-order chi connectivity index (χ0) is 13.9. The molecule has 1 aliphatic carbocycles. The van der Waals surface area contributed by atoms with Gasteiger partial charge in [-0.25, -0.2) is 4.98 Å². The van der Waals surface area contributed by atoms with Crippen LogP contribution in [-0.2, 0) is 13.6 Å². The van der Waals surface area contributed by atoms with Crippen LogP contribution in [0.4, 0.5) is 0 Å². The van der Waals surface area contributed by atoms with Gasteiger partial charge in [-0.15, -0.1) is 0 Å². The molecule has 2 atom stereocenters. The van der Waals surface area contributed by atoms with Gasteiger partial charge >= 0.3 is 0 Å². The average molecular weight is 271 g/mol. The van der Waals surface area contributed by atoms with E-state index in [0.29, 0.717) is 6.04 Å². The third kappa shape index (κ3) is 2.73. The van der Waals surface area contributed by atoms with E-state index in [1.54, 1.807) is 0 Å². The van der Waals surface area contributed by atoms with Crippen LogP contribution in [0.1, 0.15) is 44.9 Å². The quantitative estimate of drug-likeness (QED) is 0.864. The van der Waals surface area contributed by atoms with Crippen molar-refractivity contribution in [3.63, 3.8) is 0 Å². The van der Waals surface area contributed by atoms with Gasteiger partial charge in [0.05, 0.1) is 17.6 Å². The molecular formula is C17H25N3. The molecule has 1 saturated carbocycles. The minimum atomic E-state index is 0.650. The van der Waals surface area contributed by atoms with E-state index in [2.05, 4.69) is 48.1 Å². The van der Waals surface area contributed by atoms with Crippen LogP contribution >= 0.6 is 0 Å². The number of rotatable bonds is 3. The van der Waals surface area contributed by atoms with E-state index in [9.17, 15) is 0 Å². The molecule has 0 saturated heterocycles. The molecule has 20 heavy (non-hydrogen) atoms. The number of nitrogens with one attached hydrogen (secondary N) is 1. The number of imidazole rings is 1. The monoisotopic (exact) mass is 271 g/mol. The number of hydrogen-bond acceptors (Lipinski definition) is 2. The van der Waals surface area contributed by atoms with Crippen LogP contribution in [0.25, 0.3) is 11.0 Å². The van der Waals surface area contributed by atoms with Crippen molar-refractivity contribution in [2.45, 2.75) is 51.6 Å². The zero-order valence-electron chi connectivity index (χ0n) is 12.6.